The van der Waals surface area contributed by atoms with E-state index in [0.717, 1.165) is 0 Å². The molecule has 1 rings (SSSR count). The summed E-state index contributed by atoms with van der Waals surface area (Å²) in [6.45, 7) is 3.09. The van der Waals surface area contributed by atoms with Gasteiger partial charge in [0.1, 0.15) is 0 Å². The number of ether oxygens (including phenoxy) is 1. The molecule has 0 heterocycles. The van der Waals surface area contributed by atoms with Gasteiger partial charge in [0.05, 0.1) is 22.3 Å². The van der Waals surface area contributed by atoms with E-state index in [-0.39, 0.29) is 21.9 Å². The quantitative estimate of drug-likeness (QED) is 0.820. The second-order valence-electron chi connectivity index (χ2n) is 4.13. The number of halogens is 2. The highest BCUT2D eigenvalue weighted by molar-refractivity contribution is 6.43. The molecule has 0 saturated carbocycles. The monoisotopic (exact) mass is 290 g/mol. The number of methoxy groups -OCH3 is 1. The van der Waals surface area contributed by atoms with Crippen LogP contribution < -0.4 is 11.1 Å². The average Bonchev–Trinajstić information content (AvgIpc) is 2.32. The Bertz CT molecular complexity index is 415. The Morgan fingerprint density at radius 2 is 2.17 bits per heavy atom. The molecular formula is C12H16Cl2N2O2. The summed E-state index contributed by atoms with van der Waals surface area (Å²) < 4.78 is 4.99. The van der Waals surface area contributed by atoms with E-state index in [1.807, 2.05) is 6.92 Å². The fourth-order valence-electron chi connectivity index (χ4n) is 1.45. The molecule has 1 atom stereocenters. The minimum absolute atomic E-state index is 0.233. The topological polar surface area (TPSA) is 64.3 Å². The van der Waals surface area contributed by atoms with Crippen LogP contribution >= 0.6 is 23.2 Å². The molecule has 0 bridgehead atoms. The van der Waals surface area contributed by atoms with Gasteiger partial charge >= 0.3 is 0 Å². The van der Waals surface area contributed by atoms with Crippen molar-refractivity contribution in [3.63, 3.8) is 0 Å². The minimum atomic E-state index is -0.233. The van der Waals surface area contributed by atoms with Gasteiger partial charge in [0.2, 0.25) is 0 Å². The summed E-state index contributed by atoms with van der Waals surface area (Å²) in [7, 11) is 1.62. The van der Waals surface area contributed by atoms with Crippen LogP contribution in [0, 0.1) is 5.92 Å². The first-order valence-electron chi connectivity index (χ1n) is 5.47. The third-order valence-corrected chi connectivity index (χ3v) is 3.20. The third-order valence-electron chi connectivity index (χ3n) is 2.38. The molecule has 1 amide bonds. The Hall–Kier alpha value is -0.970. The van der Waals surface area contributed by atoms with E-state index in [0.29, 0.717) is 24.4 Å². The average molecular weight is 291 g/mol. The molecule has 6 heteroatoms. The van der Waals surface area contributed by atoms with Gasteiger partial charge in [-0.3, -0.25) is 4.79 Å². The van der Waals surface area contributed by atoms with Gasteiger partial charge in [0, 0.05) is 19.2 Å². The SMILES string of the molecule is COCC(C)CNC(=O)c1cc(N)c(Cl)c(Cl)c1. The smallest absolute Gasteiger partial charge is 0.251 e. The van der Waals surface area contributed by atoms with Gasteiger partial charge in [0.25, 0.3) is 5.91 Å². The van der Waals surface area contributed by atoms with Crippen molar-refractivity contribution in [1.82, 2.24) is 5.32 Å². The summed E-state index contributed by atoms with van der Waals surface area (Å²) in [4.78, 5) is 11.9. The number of benzene rings is 1. The van der Waals surface area contributed by atoms with Crippen LogP contribution in [-0.2, 0) is 4.74 Å². The number of carbonyl (C=O) groups is 1. The number of hydrogen-bond donors (Lipinski definition) is 2. The van der Waals surface area contributed by atoms with Gasteiger partial charge in [-0.25, -0.2) is 0 Å². The molecule has 0 aromatic heterocycles. The highest BCUT2D eigenvalue weighted by Crippen LogP contribution is 2.29. The molecule has 0 aliphatic heterocycles. The maximum Gasteiger partial charge on any atom is 0.251 e. The number of rotatable bonds is 5. The molecule has 4 nitrogen and oxygen atoms in total. The lowest BCUT2D eigenvalue weighted by Gasteiger charge is -2.12. The molecule has 0 spiro atoms. The summed E-state index contributed by atoms with van der Waals surface area (Å²) in [5, 5.41) is 3.32. The lowest BCUT2D eigenvalue weighted by atomic mass is 10.1. The van der Waals surface area contributed by atoms with E-state index in [1.54, 1.807) is 7.11 Å². The summed E-state index contributed by atoms with van der Waals surface area (Å²) in [6.07, 6.45) is 0. The third kappa shape index (κ3) is 4.05. The van der Waals surface area contributed by atoms with E-state index >= 15 is 0 Å². The van der Waals surface area contributed by atoms with Crippen LogP contribution in [0.3, 0.4) is 0 Å². The molecular weight excluding hydrogens is 275 g/mol. The molecule has 1 aromatic carbocycles. The zero-order chi connectivity index (χ0) is 13.7. The molecule has 0 aliphatic carbocycles. The Labute approximate surface area is 116 Å². The van der Waals surface area contributed by atoms with E-state index in [4.69, 9.17) is 33.7 Å². The van der Waals surface area contributed by atoms with E-state index in [2.05, 4.69) is 5.32 Å². The number of anilines is 1. The summed E-state index contributed by atoms with van der Waals surface area (Å²) in [5.74, 6) is 0.00212. The van der Waals surface area contributed by atoms with Crippen molar-refractivity contribution in [2.75, 3.05) is 26.0 Å². The number of carbonyl (C=O) groups excluding carboxylic acids is 1. The number of hydrogen-bond acceptors (Lipinski definition) is 3. The lowest BCUT2D eigenvalue weighted by molar-refractivity contribution is 0.0934. The second kappa shape index (κ2) is 6.83. The first kappa shape index (κ1) is 15.1. The highest BCUT2D eigenvalue weighted by atomic mass is 35.5. The highest BCUT2D eigenvalue weighted by Gasteiger charge is 2.12. The molecule has 100 valence electrons. The van der Waals surface area contributed by atoms with Crippen molar-refractivity contribution in [2.24, 2.45) is 5.92 Å². The van der Waals surface area contributed by atoms with Gasteiger partial charge in [-0.1, -0.05) is 30.1 Å². The van der Waals surface area contributed by atoms with Crippen LogP contribution in [0.25, 0.3) is 0 Å². The Morgan fingerprint density at radius 1 is 1.50 bits per heavy atom. The largest absolute Gasteiger partial charge is 0.397 e. The van der Waals surface area contributed by atoms with Gasteiger partial charge < -0.3 is 15.8 Å². The molecule has 0 aliphatic rings. The van der Waals surface area contributed by atoms with Crippen LogP contribution in [0.2, 0.25) is 10.0 Å². The first-order valence-corrected chi connectivity index (χ1v) is 6.23. The molecule has 0 saturated heterocycles. The van der Waals surface area contributed by atoms with Gasteiger partial charge in [0.15, 0.2) is 0 Å². The fraction of sp³-hybridized carbons (Fsp3) is 0.417. The fourth-order valence-corrected chi connectivity index (χ4v) is 1.79. The van der Waals surface area contributed by atoms with Crippen molar-refractivity contribution < 1.29 is 9.53 Å². The van der Waals surface area contributed by atoms with E-state index in [9.17, 15) is 4.79 Å². The predicted molar refractivity (Wildman–Crippen MR) is 74.2 cm³/mol. The standard InChI is InChI=1S/C12H16Cl2N2O2/c1-7(6-18-2)5-16-12(17)8-3-9(13)11(14)10(15)4-8/h3-4,7H,5-6,15H2,1-2H3,(H,16,17). The number of nitrogens with one attached hydrogen (secondary N) is 1. The summed E-state index contributed by atoms with van der Waals surface area (Å²) >= 11 is 11.7. The normalized spacial score (nSPS) is 12.2. The molecule has 18 heavy (non-hydrogen) atoms. The maximum absolute atomic E-state index is 11.9. The molecule has 0 radical (unpaired) electrons. The van der Waals surface area contributed by atoms with Crippen molar-refractivity contribution in [3.05, 3.63) is 27.7 Å². The zero-order valence-corrected chi connectivity index (χ0v) is 11.8. The lowest BCUT2D eigenvalue weighted by Crippen LogP contribution is -2.29. The summed E-state index contributed by atoms with van der Waals surface area (Å²) in [6, 6.07) is 3.00. The van der Waals surface area contributed by atoms with Crippen molar-refractivity contribution in [1.29, 1.82) is 0 Å². The number of amides is 1. The Balaban J connectivity index is 2.67. The van der Waals surface area contributed by atoms with Gasteiger partial charge in [-0.05, 0) is 18.1 Å². The van der Waals surface area contributed by atoms with Gasteiger partial charge in [-0.15, -0.1) is 0 Å². The molecule has 3 N–H and O–H groups in total. The van der Waals surface area contributed by atoms with Crippen LogP contribution in [-0.4, -0.2) is 26.2 Å². The number of nitrogen functional groups attached to an aromatic ring is 1. The van der Waals surface area contributed by atoms with E-state index in [1.165, 1.54) is 12.1 Å². The zero-order valence-electron chi connectivity index (χ0n) is 10.3. The van der Waals surface area contributed by atoms with Crippen LogP contribution in [0.5, 0.6) is 0 Å². The molecule has 1 unspecified atom stereocenters. The van der Waals surface area contributed by atoms with Gasteiger partial charge in [-0.2, -0.15) is 0 Å². The molecule has 1 aromatic rings. The predicted octanol–water partition coefficient (Wildman–Crippen LogP) is 2.59. The summed E-state index contributed by atoms with van der Waals surface area (Å²) in [5.41, 5.74) is 6.33. The van der Waals surface area contributed by atoms with Crippen molar-refractivity contribution in [2.45, 2.75) is 6.92 Å². The van der Waals surface area contributed by atoms with Crippen molar-refractivity contribution >= 4 is 34.8 Å². The number of nitrogens with two attached hydrogens (primary N) is 1. The second-order valence-corrected chi connectivity index (χ2v) is 4.92. The maximum atomic E-state index is 11.9. The van der Waals surface area contributed by atoms with Crippen LogP contribution in [0.15, 0.2) is 12.1 Å². The van der Waals surface area contributed by atoms with E-state index < -0.39 is 0 Å². The Morgan fingerprint density at radius 3 is 2.72 bits per heavy atom. The first-order chi connectivity index (χ1) is 8.45. The van der Waals surface area contributed by atoms with Crippen LogP contribution in [0.4, 0.5) is 5.69 Å². The van der Waals surface area contributed by atoms with Crippen LogP contribution in [0.1, 0.15) is 17.3 Å². The minimum Gasteiger partial charge on any atom is -0.397 e. The van der Waals surface area contributed by atoms with Crippen molar-refractivity contribution in [3.8, 4) is 0 Å². The molecule has 0 fully saturated rings. The Kier molecular flexibility index (Phi) is 5.72.